The largest absolute Gasteiger partial charge is 0.330 e. The number of carbonyl (C=O) groups excluding carboxylic acids is 1. The second-order valence-corrected chi connectivity index (χ2v) is 13.6. The van der Waals surface area contributed by atoms with Crippen LogP contribution in [0.25, 0.3) is 0 Å². The van der Waals surface area contributed by atoms with E-state index in [4.69, 9.17) is 23.2 Å². The van der Waals surface area contributed by atoms with Crippen molar-refractivity contribution in [2.75, 3.05) is 0 Å². The lowest BCUT2D eigenvalue weighted by Gasteiger charge is -2.53. The summed E-state index contributed by atoms with van der Waals surface area (Å²) in [5.41, 5.74) is 1.31. The van der Waals surface area contributed by atoms with Crippen molar-refractivity contribution in [1.29, 1.82) is 0 Å². The van der Waals surface area contributed by atoms with Gasteiger partial charge in [0.05, 0.1) is 16.7 Å². The van der Waals surface area contributed by atoms with Crippen LogP contribution in [-0.2, 0) is 14.8 Å². The van der Waals surface area contributed by atoms with Crippen molar-refractivity contribution >= 4 is 39.1 Å². The fraction of sp³-hybridized carbons (Fsp3) is 0.483. The van der Waals surface area contributed by atoms with Gasteiger partial charge >= 0.3 is 0 Å². The van der Waals surface area contributed by atoms with E-state index in [1.165, 1.54) is 0 Å². The SMILES string of the molecule is C=CC[C@@]1(C)C[C@H](c2cccc(Cl)c2)[C@@H](c2ccc(Cl)cc2)N([C@@H](CC)[C@@H](C)NS(=O)(=O)C2CC2)C1=O. The number of hydrogen-bond acceptors (Lipinski definition) is 3. The standard InChI is InChI=1S/C29H36Cl2N2O3S/c1-5-16-29(4)18-25(21-8-7-9-23(31)17-21)27(20-10-12-22(30)13-11-20)33(28(29)34)26(6-2)19(3)32-37(35,36)24-14-15-24/h5,7-13,17,19,24-27,32H,1,6,14-16,18H2,2-4H3/t19-,25-,26+,27-,29+/m1/s1. The molecule has 0 aromatic heterocycles. The van der Waals surface area contributed by atoms with Crippen molar-refractivity contribution < 1.29 is 13.2 Å². The number of sulfonamides is 1. The number of nitrogens with one attached hydrogen (secondary N) is 1. The van der Waals surface area contributed by atoms with E-state index in [0.717, 1.165) is 11.1 Å². The predicted molar refractivity (Wildman–Crippen MR) is 151 cm³/mol. The molecule has 1 N–H and O–H groups in total. The number of allylic oxidation sites excluding steroid dienone is 1. The van der Waals surface area contributed by atoms with Gasteiger partial charge < -0.3 is 4.90 Å². The van der Waals surface area contributed by atoms with Crippen molar-refractivity contribution in [2.24, 2.45) is 5.41 Å². The van der Waals surface area contributed by atoms with Crippen LogP contribution in [0.15, 0.2) is 61.2 Å². The zero-order chi connectivity index (χ0) is 27.0. The summed E-state index contributed by atoms with van der Waals surface area (Å²) in [6.07, 6.45) is 4.89. The summed E-state index contributed by atoms with van der Waals surface area (Å²) in [5, 5.41) is 0.923. The molecule has 2 aliphatic rings. The lowest BCUT2D eigenvalue weighted by molar-refractivity contribution is -0.155. The van der Waals surface area contributed by atoms with E-state index in [9.17, 15) is 13.2 Å². The molecule has 37 heavy (non-hydrogen) atoms. The Bertz CT molecular complexity index is 1250. The summed E-state index contributed by atoms with van der Waals surface area (Å²) < 4.78 is 28.7. The Labute approximate surface area is 231 Å². The zero-order valence-electron chi connectivity index (χ0n) is 21.7. The molecule has 0 radical (unpaired) electrons. The zero-order valence-corrected chi connectivity index (χ0v) is 24.0. The molecule has 2 aromatic rings. The summed E-state index contributed by atoms with van der Waals surface area (Å²) in [6, 6.07) is 14.3. The molecule has 4 rings (SSSR count). The average molecular weight is 564 g/mol. The minimum atomic E-state index is -3.43. The van der Waals surface area contributed by atoms with Crippen LogP contribution in [0, 0.1) is 5.41 Å². The molecular formula is C29H36Cl2N2O3S. The molecule has 0 bridgehead atoms. The maximum atomic E-state index is 14.4. The number of amides is 1. The van der Waals surface area contributed by atoms with Gasteiger partial charge in [0.25, 0.3) is 0 Å². The van der Waals surface area contributed by atoms with E-state index in [-0.39, 0.29) is 29.2 Å². The molecule has 5 atom stereocenters. The Morgan fingerprint density at radius 1 is 1.14 bits per heavy atom. The normalized spacial score (nSPS) is 26.1. The lowest BCUT2D eigenvalue weighted by atomic mass is 9.67. The third-order valence-corrected chi connectivity index (χ3v) is 10.4. The molecule has 1 aliphatic carbocycles. The first-order chi connectivity index (χ1) is 17.5. The van der Waals surface area contributed by atoms with E-state index >= 15 is 0 Å². The quantitative estimate of drug-likeness (QED) is 0.321. The van der Waals surface area contributed by atoms with Gasteiger partial charge in [0.2, 0.25) is 15.9 Å². The summed E-state index contributed by atoms with van der Waals surface area (Å²) in [4.78, 5) is 16.3. The van der Waals surface area contributed by atoms with Gasteiger partial charge in [-0.15, -0.1) is 6.58 Å². The van der Waals surface area contributed by atoms with Crippen LogP contribution < -0.4 is 4.72 Å². The average Bonchev–Trinajstić information content (AvgIpc) is 3.69. The van der Waals surface area contributed by atoms with E-state index < -0.39 is 21.5 Å². The van der Waals surface area contributed by atoms with E-state index in [0.29, 0.717) is 42.1 Å². The Morgan fingerprint density at radius 2 is 1.81 bits per heavy atom. The van der Waals surface area contributed by atoms with Crippen molar-refractivity contribution in [3.63, 3.8) is 0 Å². The van der Waals surface area contributed by atoms with Crippen LogP contribution in [0.4, 0.5) is 0 Å². The second-order valence-electron chi connectivity index (χ2n) is 10.8. The van der Waals surface area contributed by atoms with Crippen LogP contribution in [0.1, 0.15) is 76.0 Å². The number of nitrogens with zero attached hydrogens (tertiary/aromatic N) is 1. The van der Waals surface area contributed by atoms with Crippen LogP contribution in [0.2, 0.25) is 10.0 Å². The van der Waals surface area contributed by atoms with E-state index in [2.05, 4.69) is 17.4 Å². The number of rotatable bonds is 10. The van der Waals surface area contributed by atoms with E-state index in [1.807, 2.05) is 68.1 Å². The Hall–Kier alpha value is -1.86. The molecule has 5 nitrogen and oxygen atoms in total. The summed E-state index contributed by atoms with van der Waals surface area (Å²) in [7, 11) is -3.43. The summed E-state index contributed by atoms with van der Waals surface area (Å²) >= 11 is 12.7. The first kappa shape index (κ1) is 28.2. The van der Waals surface area contributed by atoms with Gasteiger partial charge in [-0.25, -0.2) is 13.1 Å². The first-order valence-electron chi connectivity index (χ1n) is 13.0. The number of likely N-dealkylation sites (tertiary alicyclic amines) is 1. The van der Waals surface area contributed by atoms with Gasteiger partial charge in [-0.2, -0.15) is 0 Å². The van der Waals surface area contributed by atoms with Crippen molar-refractivity contribution in [1.82, 2.24) is 9.62 Å². The lowest BCUT2D eigenvalue weighted by Crippen LogP contribution is -2.60. The maximum absolute atomic E-state index is 14.4. The molecule has 8 heteroatoms. The van der Waals surface area contributed by atoms with Crippen LogP contribution >= 0.6 is 23.2 Å². The molecule has 1 saturated carbocycles. The van der Waals surface area contributed by atoms with Crippen molar-refractivity contribution in [2.45, 2.75) is 82.2 Å². The molecule has 2 aromatic carbocycles. The first-order valence-corrected chi connectivity index (χ1v) is 15.3. The highest BCUT2D eigenvalue weighted by molar-refractivity contribution is 7.90. The third kappa shape index (κ3) is 5.93. The summed E-state index contributed by atoms with van der Waals surface area (Å²) in [6.45, 7) is 9.80. The van der Waals surface area contributed by atoms with Gasteiger partial charge in [0.15, 0.2) is 0 Å². The van der Waals surface area contributed by atoms with Gasteiger partial charge in [-0.3, -0.25) is 4.79 Å². The van der Waals surface area contributed by atoms with Crippen LogP contribution in [0.5, 0.6) is 0 Å². The summed E-state index contributed by atoms with van der Waals surface area (Å²) in [5.74, 6) is -0.0567. The molecule has 200 valence electrons. The monoisotopic (exact) mass is 562 g/mol. The van der Waals surface area contributed by atoms with Gasteiger partial charge in [-0.05, 0) is 74.4 Å². The number of piperidine rings is 1. The number of benzene rings is 2. The molecule has 1 heterocycles. The highest BCUT2D eigenvalue weighted by Gasteiger charge is 2.52. The molecule has 1 aliphatic heterocycles. The minimum Gasteiger partial charge on any atom is -0.330 e. The van der Waals surface area contributed by atoms with Gasteiger partial charge in [-0.1, -0.05) is 67.4 Å². The fourth-order valence-electron chi connectivity index (χ4n) is 5.86. The van der Waals surface area contributed by atoms with E-state index in [1.54, 1.807) is 6.08 Å². The smallest absolute Gasteiger partial charge is 0.229 e. The van der Waals surface area contributed by atoms with Gasteiger partial charge in [0, 0.05) is 28.0 Å². The number of halogens is 2. The highest BCUT2D eigenvalue weighted by atomic mass is 35.5. The predicted octanol–water partition coefficient (Wildman–Crippen LogP) is 6.88. The molecule has 0 spiro atoms. The Balaban J connectivity index is 1.86. The minimum absolute atomic E-state index is 0.00921. The van der Waals surface area contributed by atoms with Crippen molar-refractivity contribution in [3.05, 3.63) is 82.4 Å². The fourth-order valence-corrected chi connectivity index (χ4v) is 7.81. The Kier molecular flexibility index (Phi) is 8.44. The molecular weight excluding hydrogens is 527 g/mol. The van der Waals surface area contributed by atoms with Gasteiger partial charge in [0.1, 0.15) is 0 Å². The molecule has 1 saturated heterocycles. The third-order valence-electron chi connectivity index (χ3n) is 7.85. The molecule has 2 fully saturated rings. The second kappa shape index (κ2) is 11.1. The number of hydrogen-bond donors (Lipinski definition) is 1. The molecule has 1 amide bonds. The topological polar surface area (TPSA) is 66.5 Å². The number of carbonyl (C=O) groups is 1. The maximum Gasteiger partial charge on any atom is 0.229 e. The van der Waals surface area contributed by atoms with Crippen molar-refractivity contribution in [3.8, 4) is 0 Å². The Morgan fingerprint density at radius 3 is 2.38 bits per heavy atom. The molecule has 0 unspecified atom stereocenters. The van der Waals surface area contributed by atoms with Crippen LogP contribution in [0.3, 0.4) is 0 Å². The highest BCUT2D eigenvalue weighted by Crippen LogP contribution is 2.52. The van der Waals surface area contributed by atoms with Crippen LogP contribution in [-0.4, -0.2) is 36.6 Å².